The van der Waals surface area contributed by atoms with E-state index in [1.807, 2.05) is 65.5 Å². The molecule has 3 aromatic carbocycles. The molecule has 0 radical (unpaired) electrons. The molecule has 0 spiro atoms. The molecule has 4 rings (SSSR count). The highest BCUT2D eigenvalue weighted by Crippen LogP contribution is 2.24. The highest BCUT2D eigenvalue weighted by molar-refractivity contribution is 6.30. The van der Waals surface area contributed by atoms with E-state index in [0.717, 1.165) is 38.0 Å². The molecule has 0 atom stereocenters. The second-order valence-corrected chi connectivity index (χ2v) is 7.38. The van der Waals surface area contributed by atoms with E-state index in [2.05, 4.69) is 47.6 Å². The van der Waals surface area contributed by atoms with Gasteiger partial charge in [0.2, 0.25) is 0 Å². The predicted octanol–water partition coefficient (Wildman–Crippen LogP) is 7.52. The van der Waals surface area contributed by atoms with E-state index in [1.54, 1.807) is 6.20 Å². The fraction of sp³-hybridized carbons (Fsp3) is 0. The number of aromatic nitrogens is 2. The van der Waals surface area contributed by atoms with Gasteiger partial charge in [-0.25, -0.2) is 4.68 Å². The molecule has 0 unspecified atom stereocenters. The Balaban J connectivity index is 1.73. The molecule has 0 bridgehead atoms. The van der Waals surface area contributed by atoms with Crippen molar-refractivity contribution in [3.05, 3.63) is 117 Å². The largest absolute Gasteiger partial charge is 0.240 e. The Hall–Kier alpha value is -3.07. The Bertz CT molecular complexity index is 1070. The Morgan fingerprint density at radius 1 is 0.621 bits per heavy atom. The first kappa shape index (κ1) is 19.3. The summed E-state index contributed by atoms with van der Waals surface area (Å²) in [5.41, 5.74) is 5.34. The van der Waals surface area contributed by atoms with E-state index in [-0.39, 0.29) is 0 Å². The van der Waals surface area contributed by atoms with Crippen LogP contribution in [0, 0.1) is 0 Å². The normalized spacial score (nSPS) is 11.5. The zero-order chi connectivity index (χ0) is 20.1. The summed E-state index contributed by atoms with van der Waals surface area (Å²) in [6.07, 6.45) is 12.1. The summed E-state index contributed by atoms with van der Waals surface area (Å²) in [6, 6.07) is 23.7. The van der Waals surface area contributed by atoms with Crippen LogP contribution in [0.2, 0.25) is 10.0 Å². The zero-order valence-corrected chi connectivity index (χ0v) is 17.1. The molecule has 1 aromatic heterocycles. The van der Waals surface area contributed by atoms with E-state index >= 15 is 0 Å². The lowest BCUT2D eigenvalue weighted by Gasteiger charge is -2.11. The van der Waals surface area contributed by atoms with Gasteiger partial charge in [0.25, 0.3) is 0 Å². The molecule has 0 aliphatic carbocycles. The van der Waals surface area contributed by atoms with Crippen molar-refractivity contribution in [2.75, 3.05) is 0 Å². The highest BCUT2D eigenvalue weighted by atomic mass is 35.5. The first-order valence-electron chi connectivity index (χ1n) is 9.19. The summed E-state index contributed by atoms with van der Waals surface area (Å²) in [5, 5.41) is 5.92. The van der Waals surface area contributed by atoms with Crippen molar-refractivity contribution in [1.82, 2.24) is 9.78 Å². The summed E-state index contributed by atoms with van der Waals surface area (Å²) in [4.78, 5) is 0. The van der Waals surface area contributed by atoms with Crippen LogP contribution in [0.3, 0.4) is 0 Å². The van der Waals surface area contributed by atoms with Gasteiger partial charge < -0.3 is 0 Å². The number of hydrogen-bond acceptors (Lipinski definition) is 1. The summed E-state index contributed by atoms with van der Waals surface area (Å²) in [6.45, 7) is 0. The van der Waals surface area contributed by atoms with Crippen LogP contribution in [0.15, 0.2) is 85.2 Å². The average Bonchev–Trinajstić information content (AvgIpc) is 3.27. The van der Waals surface area contributed by atoms with E-state index in [4.69, 9.17) is 23.2 Å². The van der Waals surface area contributed by atoms with Crippen molar-refractivity contribution in [2.24, 2.45) is 0 Å². The lowest BCUT2D eigenvalue weighted by atomic mass is 10.0. The van der Waals surface area contributed by atoms with Crippen LogP contribution in [0.5, 0.6) is 0 Å². The average molecular weight is 417 g/mol. The molecule has 0 amide bonds. The third-order valence-electron chi connectivity index (χ3n) is 4.48. The molecule has 0 saturated carbocycles. The molecule has 4 aromatic rings. The maximum atomic E-state index is 5.99. The fourth-order valence-electron chi connectivity index (χ4n) is 3.03. The lowest BCUT2D eigenvalue weighted by Crippen LogP contribution is -2.00. The van der Waals surface area contributed by atoms with Gasteiger partial charge in [-0.05, 0) is 41.5 Å². The smallest absolute Gasteiger partial charge is 0.0790 e. The zero-order valence-electron chi connectivity index (χ0n) is 15.5. The molecule has 1 heterocycles. The van der Waals surface area contributed by atoms with Crippen LogP contribution in [0.4, 0.5) is 0 Å². The molecule has 0 aliphatic heterocycles. The second kappa shape index (κ2) is 8.95. The fourth-order valence-corrected chi connectivity index (χ4v) is 3.29. The predicted molar refractivity (Wildman–Crippen MR) is 124 cm³/mol. The third-order valence-corrected chi connectivity index (χ3v) is 4.99. The number of halogens is 2. The molecule has 0 fully saturated rings. The molecular formula is C25H18Cl2N2. The monoisotopic (exact) mass is 416 g/mol. The third kappa shape index (κ3) is 4.86. The molecule has 2 nitrogen and oxygen atoms in total. The van der Waals surface area contributed by atoms with Crippen LogP contribution in [0.25, 0.3) is 30.0 Å². The molecular weight excluding hydrogens is 399 g/mol. The van der Waals surface area contributed by atoms with Crippen LogP contribution < -0.4 is 0 Å². The van der Waals surface area contributed by atoms with Crippen LogP contribution in [-0.4, -0.2) is 9.78 Å². The number of nitrogens with zero attached hydrogens (tertiary/aromatic N) is 2. The summed E-state index contributed by atoms with van der Waals surface area (Å²) in [7, 11) is 0. The molecule has 0 N–H and O–H groups in total. The first-order chi connectivity index (χ1) is 14.2. The van der Waals surface area contributed by atoms with Crippen molar-refractivity contribution in [3.63, 3.8) is 0 Å². The van der Waals surface area contributed by atoms with Gasteiger partial charge in [0.15, 0.2) is 0 Å². The standard InChI is InChI=1S/C25H18Cl2N2/c26-23-13-7-19(8-14-23)5-11-21-3-1-4-22(25(21)29-18-2-17-28-29)12-6-20-9-15-24(27)16-10-20/h1-18H/b11-5+,12-6+. The van der Waals surface area contributed by atoms with E-state index in [9.17, 15) is 0 Å². The van der Waals surface area contributed by atoms with E-state index < -0.39 is 0 Å². The van der Waals surface area contributed by atoms with Crippen LogP contribution in [0.1, 0.15) is 22.3 Å². The van der Waals surface area contributed by atoms with Gasteiger partial charge in [-0.3, -0.25) is 0 Å². The second-order valence-electron chi connectivity index (χ2n) is 6.51. The molecule has 142 valence electrons. The van der Waals surface area contributed by atoms with Crippen LogP contribution >= 0.6 is 23.2 Å². The molecule has 0 saturated heterocycles. The van der Waals surface area contributed by atoms with E-state index in [0.29, 0.717) is 0 Å². The Labute approximate surface area is 180 Å². The van der Waals surface area contributed by atoms with Gasteiger partial charge in [-0.2, -0.15) is 5.10 Å². The minimum absolute atomic E-state index is 0.730. The van der Waals surface area contributed by atoms with Crippen molar-refractivity contribution in [3.8, 4) is 5.69 Å². The lowest BCUT2D eigenvalue weighted by molar-refractivity contribution is 0.876. The first-order valence-corrected chi connectivity index (χ1v) is 9.95. The summed E-state index contributed by atoms with van der Waals surface area (Å²) in [5.74, 6) is 0. The quantitative estimate of drug-likeness (QED) is 0.307. The van der Waals surface area contributed by atoms with Crippen molar-refractivity contribution >= 4 is 47.5 Å². The van der Waals surface area contributed by atoms with E-state index in [1.165, 1.54) is 0 Å². The topological polar surface area (TPSA) is 17.8 Å². The highest BCUT2D eigenvalue weighted by Gasteiger charge is 2.07. The van der Waals surface area contributed by atoms with Crippen molar-refractivity contribution in [2.45, 2.75) is 0 Å². The number of hydrogen-bond donors (Lipinski definition) is 0. The van der Waals surface area contributed by atoms with Gasteiger partial charge in [-0.1, -0.05) is 90.0 Å². The number of rotatable bonds is 5. The Kier molecular flexibility index (Phi) is 5.95. The van der Waals surface area contributed by atoms with Crippen LogP contribution in [-0.2, 0) is 0 Å². The van der Waals surface area contributed by atoms with Gasteiger partial charge in [0, 0.05) is 33.6 Å². The van der Waals surface area contributed by atoms with Gasteiger partial charge in [0.05, 0.1) is 5.69 Å². The number of benzene rings is 3. The Morgan fingerprint density at radius 3 is 1.59 bits per heavy atom. The van der Waals surface area contributed by atoms with Gasteiger partial charge in [0.1, 0.15) is 0 Å². The maximum absolute atomic E-state index is 5.99. The SMILES string of the molecule is Clc1ccc(/C=C/c2cccc(/C=C/c3ccc(Cl)cc3)c2-n2cccn2)cc1. The maximum Gasteiger partial charge on any atom is 0.0790 e. The molecule has 4 heteroatoms. The van der Waals surface area contributed by atoms with Gasteiger partial charge >= 0.3 is 0 Å². The molecule has 29 heavy (non-hydrogen) atoms. The summed E-state index contributed by atoms with van der Waals surface area (Å²) < 4.78 is 1.89. The van der Waals surface area contributed by atoms with Gasteiger partial charge in [-0.15, -0.1) is 0 Å². The number of para-hydroxylation sites is 1. The minimum Gasteiger partial charge on any atom is -0.240 e. The van der Waals surface area contributed by atoms with Crippen molar-refractivity contribution < 1.29 is 0 Å². The Morgan fingerprint density at radius 2 is 1.14 bits per heavy atom. The summed E-state index contributed by atoms with van der Waals surface area (Å²) >= 11 is 12.0. The molecule has 0 aliphatic rings. The minimum atomic E-state index is 0.730. The van der Waals surface area contributed by atoms with Crippen molar-refractivity contribution in [1.29, 1.82) is 0 Å².